The van der Waals surface area contributed by atoms with Crippen LogP contribution in [0.25, 0.3) is 16.7 Å². The first-order valence-electron chi connectivity index (χ1n) is 12.4. The minimum absolute atomic E-state index is 0.423. The highest BCUT2D eigenvalue weighted by Gasteiger charge is 2.47. The van der Waals surface area contributed by atoms with Crippen molar-refractivity contribution >= 4 is 5.57 Å². The zero-order valence-corrected chi connectivity index (χ0v) is 21.1. The van der Waals surface area contributed by atoms with Crippen LogP contribution in [0.15, 0.2) is 121 Å². The molecule has 0 saturated heterocycles. The lowest BCUT2D eigenvalue weighted by atomic mass is 9.64. The van der Waals surface area contributed by atoms with Crippen molar-refractivity contribution in [2.45, 2.75) is 33.1 Å². The fourth-order valence-corrected chi connectivity index (χ4v) is 5.95. The van der Waals surface area contributed by atoms with Gasteiger partial charge in [0.1, 0.15) is 0 Å². The van der Waals surface area contributed by atoms with Gasteiger partial charge in [0.05, 0.1) is 5.41 Å². The average molecular weight is 453 g/mol. The molecule has 1 aliphatic carbocycles. The van der Waals surface area contributed by atoms with Crippen molar-refractivity contribution in [1.29, 1.82) is 0 Å². The molecule has 0 heterocycles. The smallest absolute Gasteiger partial charge is 0.0718 e. The Balaban J connectivity index is 1.88. The average Bonchev–Trinajstić information content (AvgIpc) is 3.14. The second kappa shape index (κ2) is 9.04. The van der Waals surface area contributed by atoms with Gasteiger partial charge in [-0.25, -0.2) is 0 Å². The number of hydrogen-bond acceptors (Lipinski definition) is 0. The number of allylic oxidation sites excluding steroid dienone is 5. The Bertz CT molecular complexity index is 1490. The summed E-state index contributed by atoms with van der Waals surface area (Å²) in [5.41, 5.74) is 13.7. The molecule has 4 aromatic carbocycles. The molecule has 0 nitrogen and oxygen atoms in total. The van der Waals surface area contributed by atoms with E-state index in [-0.39, 0.29) is 0 Å². The lowest BCUT2D eigenvalue weighted by Crippen LogP contribution is -2.31. The van der Waals surface area contributed by atoms with Crippen LogP contribution in [-0.2, 0) is 5.41 Å². The van der Waals surface area contributed by atoms with Crippen molar-refractivity contribution in [2.24, 2.45) is 0 Å². The molecule has 4 aromatic rings. The Kier molecular flexibility index (Phi) is 5.91. The molecule has 1 aliphatic rings. The molecule has 0 heteroatoms. The van der Waals surface area contributed by atoms with Gasteiger partial charge in [0.2, 0.25) is 0 Å². The Morgan fingerprint density at radius 3 is 2.03 bits per heavy atom. The van der Waals surface area contributed by atoms with Gasteiger partial charge in [0.15, 0.2) is 0 Å². The van der Waals surface area contributed by atoms with Gasteiger partial charge in [0, 0.05) is 0 Å². The summed E-state index contributed by atoms with van der Waals surface area (Å²) in [5, 5.41) is 0. The van der Waals surface area contributed by atoms with E-state index < -0.39 is 5.41 Å². The third-order valence-corrected chi connectivity index (χ3v) is 7.38. The molecule has 0 aromatic heterocycles. The molecule has 5 rings (SSSR count). The van der Waals surface area contributed by atoms with Crippen molar-refractivity contribution in [3.63, 3.8) is 0 Å². The highest BCUT2D eigenvalue weighted by atomic mass is 14.5. The quantitative estimate of drug-likeness (QED) is 0.283. The van der Waals surface area contributed by atoms with Gasteiger partial charge in [-0.3, -0.25) is 0 Å². The molecule has 1 unspecified atom stereocenters. The number of fused-ring (bicyclic) bond motifs is 1. The van der Waals surface area contributed by atoms with Crippen LogP contribution in [0.4, 0.5) is 0 Å². The third kappa shape index (κ3) is 3.53. The van der Waals surface area contributed by atoms with Gasteiger partial charge in [-0.15, -0.1) is 0 Å². The molecule has 0 amide bonds. The van der Waals surface area contributed by atoms with Crippen LogP contribution in [0, 0.1) is 20.8 Å². The molecule has 0 fully saturated rings. The van der Waals surface area contributed by atoms with Gasteiger partial charge in [-0.2, -0.15) is 0 Å². The number of benzene rings is 4. The number of aryl methyl sites for hydroxylation is 3. The molecule has 35 heavy (non-hydrogen) atoms. The maximum Gasteiger partial charge on any atom is 0.0718 e. The van der Waals surface area contributed by atoms with E-state index in [4.69, 9.17) is 0 Å². The largest absolute Gasteiger partial charge is 0.0987 e. The summed E-state index contributed by atoms with van der Waals surface area (Å²) >= 11 is 0. The Morgan fingerprint density at radius 2 is 1.34 bits per heavy atom. The molecule has 172 valence electrons. The highest BCUT2D eigenvalue weighted by molar-refractivity contribution is 5.92. The van der Waals surface area contributed by atoms with Crippen LogP contribution >= 0.6 is 0 Å². The Morgan fingerprint density at radius 1 is 0.657 bits per heavy atom. The predicted octanol–water partition coefficient (Wildman–Crippen LogP) is 9.14. The minimum Gasteiger partial charge on any atom is -0.0987 e. The summed E-state index contributed by atoms with van der Waals surface area (Å²) in [7, 11) is 0. The molecule has 0 spiro atoms. The van der Waals surface area contributed by atoms with Crippen LogP contribution < -0.4 is 0 Å². The van der Waals surface area contributed by atoms with Gasteiger partial charge >= 0.3 is 0 Å². The van der Waals surface area contributed by atoms with Crippen molar-refractivity contribution in [3.05, 3.63) is 160 Å². The Labute approximate surface area is 210 Å². The lowest BCUT2D eigenvalue weighted by molar-refractivity contribution is 0.748. The van der Waals surface area contributed by atoms with Crippen LogP contribution in [-0.4, -0.2) is 0 Å². The first-order valence-corrected chi connectivity index (χ1v) is 12.4. The molecular formula is C35H32. The number of hydrogen-bond donors (Lipinski definition) is 0. The molecule has 0 radical (unpaired) electrons. The first kappa shape index (κ1) is 22.9. The normalized spacial score (nSPS) is 17.1. The van der Waals surface area contributed by atoms with Crippen molar-refractivity contribution in [1.82, 2.24) is 0 Å². The Hall–Kier alpha value is -3.90. The summed E-state index contributed by atoms with van der Waals surface area (Å²) in [6.45, 7) is 13.1. The molecule has 0 saturated carbocycles. The summed E-state index contributed by atoms with van der Waals surface area (Å²) in [5.74, 6) is 0. The molecular weight excluding hydrogens is 420 g/mol. The fraction of sp³-hybridized carbons (Fsp3) is 0.143. The topological polar surface area (TPSA) is 0 Å². The maximum absolute atomic E-state index is 4.35. The van der Waals surface area contributed by atoms with E-state index in [0.29, 0.717) is 0 Å². The van der Waals surface area contributed by atoms with E-state index in [0.717, 1.165) is 0 Å². The van der Waals surface area contributed by atoms with Gasteiger partial charge in [-0.1, -0.05) is 121 Å². The third-order valence-electron chi connectivity index (χ3n) is 7.38. The summed E-state index contributed by atoms with van der Waals surface area (Å²) in [4.78, 5) is 0. The summed E-state index contributed by atoms with van der Waals surface area (Å²) in [6, 6.07) is 33.4. The second-order valence-electron chi connectivity index (χ2n) is 9.54. The number of rotatable bonds is 5. The van der Waals surface area contributed by atoms with Crippen LogP contribution in [0.1, 0.15) is 45.9 Å². The first-order chi connectivity index (χ1) is 17.0. The summed E-state index contributed by atoms with van der Waals surface area (Å²) in [6.07, 6.45) is 6.46. The van der Waals surface area contributed by atoms with E-state index in [2.05, 4.69) is 143 Å². The molecule has 1 atom stereocenters. The molecule has 0 N–H and O–H groups in total. The standard InChI is InChI=1S/C35H32/c1-6-13-29-30-17-9-11-19-34(30)35(31(29)7-2,32-18-10-8-15-25(32)4)33-21-20-28(23-26(33)5)27-16-12-14-24(3)22-27/h6-23H,2H2,1,3-5H3/b13-6-. The van der Waals surface area contributed by atoms with E-state index >= 15 is 0 Å². The second-order valence-corrected chi connectivity index (χ2v) is 9.54. The maximum atomic E-state index is 4.35. The summed E-state index contributed by atoms with van der Waals surface area (Å²) < 4.78 is 0. The monoisotopic (exact) mass is 452 g/mol. The van der Waals surface area contributed by atoms with Gasteiger partial charge in [-0.05, 0) is 83.3 Å². The zero-order valence-electron chi connectivity index (χ0n) is 21.1. The van der Waals surface area contributed by atoms with E-state index in [1.165, 1.54) is 61.2 Å². The van der Waals surface area contributed by atoms with E-state index in [1.807, 2.05) is 0 Å². The lowest BCUT2D eigenvalue weighted by Gasteiger charge is -2.37. The fourth-order valence-electron chi connectivity index (χ4n) is 5.95. The van der Waals surface area contributed by atoms with Crippen LogP contribution in [0.5, 0.6) is 0 Å². The SMILES string of the molecule is C=CC1=C(/C=C\C)c2ccccc2C1(c1ccccc1C)c1ccc(-c2cccc(C)c2)cc1C. The van der Waals surface area contributed by atoms with Crippen molar-refractivity contribution in [3.8, 4) is 11.1 Å². The van der Waals surface area contributed by atoms with Gasteiger partial charge < -0.3 is 0 Å². The van der Waals surface area contributed by atoms with Crippen LogP contribution in [0.2, 0.25) is 0 Å². The van der Waals surface area contributed by atoms with Crippen molar-refractivity contribution < 1.29 is 0 Å². The van der Waals surface area contributed by atoms with Crippen molar-refractivity contribution in [2.75, 3.05) is 0 Å². The predicted molar refractivity (Wildman–Crippen MR) is 151 cm³/mol. The molecule has 0 aliphatic heterocycles. The highest BCUT2D eigenvalue weighted by Crippen LogP contribution is 2.56. The minimum atomic E-state index is -0.423. The van der Waals surface area contributed by atoms with Gasteiger partial charge in [0.25, 0.3) is 0 Å². The molecule has 0 bridgehead atoms. The van der Waals surface area contributed by atoms with E-state index in [1.54, 1.807) is 0 Å². The van der Waals surface area contributed by atoms with Crippen LogP contribution in [0.3, 0.4) is 0 Å². The zero-order chi connectivity index (χ0) is 24.6. The van der Waals surface area contributed by atoms with E-state index in [9.17, 15) is 0 Å².